The largest absolute Gasteiger partial charge is 0.494 e. The average Bonchev–Trinajstić information content (AvgIpc) is 2.45. The summed E-state index contributed by atoms with van der Waals surface area (Å²) in [5, 5.41) is 3.32. The van der Waals surface area contributed by atoms with Crippen LogP contribution in [0.1, 0.15) is 19.4 Å². The standard InChI is InChI=1S/C16H19FN2O/c1-11(2)19-9-12-7-13(10-18-8-12)14-5-4-6-15(20-3)16(14)17/h4-8,10-11,19H,9H2,1-3H3. The number of aromatic nitrogens is 1. The summed E-state index contributed by atoms with van der Waals surface area (Å²) in [6.45, 7) is 4.88. The summed E-state index contributed by atoms with van der Waals surface area (Å²) < 4.78 is 19.2. The molecule has 0 aliphatic heterocycles. The van der Waals surface area contributed by atoms with Gasteiger partial charge in [-0.3, -0.25) is 4.98 Å². The van der Waals surface area contributed by atoms with E-state index < -0.39 is 0 Å². The van der Waals surface area contributed by atoms with Gasteiger partial charge in [-0.25, -0.2) is 4.39 Å². The van der Waals surface area contributed by atoms with Gasteiger partial charge in [0.05, 0.1) is 7.11 Å². The molecule has 0 spiro atoms. The van der Waals surface area contributed by atoms with Crippen LogP contribution in [0, 0.1) is 5.82 Å². The van der Waals surface area contributed by atoms with E-state index in [-0.39, 0.29) is 11.6 Å². The van der Waals surface area contributed by atoms with Crippen LogP contribution < -0.4 is 10.1 Å². The molecular weight excluding hydrogens is 255 g/mol. The lowest BCUT2D eigenvalue weighted by Gasteiger charge is -2.10. The highest BCUT2D eigenvalue weighted by Gasteiger charge is 2.11. The van der Waals surface area contributed by atoms with E-state index in [1.54, 1.807) is 30.6 Å². The number of benzene rings is 1. The van der Waals surface area contributed by atoms with Crippen molar-refractivity contribution in [2.45, 2.75) is 26.4 Å². The lowest BCUT2D eigenvalue weighted by Crippen LogP contribution is -2.21. The Kier molecular flexibility index (Phi) is 4.69. The van der Waals surface area contributed by atoms with Gasteiger partial charge in [-0.1, -0.05) is 26.0 Å². The van der Waals surface area contributed by atoms with Gasteiger partial charge >= 0.3 is 0 Å². The van der Waals surface area contributed by atoms with Crippen LogP contribution in [-0.2, 0) is 6.54 Å². The summed E-state index contributed by atoms with van der Waals surface area (Å²) in [5.74, 6) is -0.112. The van der Waals surface area contributed by atoms with Crippen molar-refractivity contribution >= 4 is 0 Å². The third kappa shape index (κ3) is 3.33. The Morgan fingerprint density at radius 1 is 1.30 bits per heavy atom. The van der Waals surface area contributed by atoms with Gasteiger partial charge in [-0.05, 0) is 17.7 Å². The molecule has 0 bridgehead atoms. The minimum absolute atomic E-state index is 0.244. The molecule has 0 atom stereocenters. The van der Waals surface area contributed by atoms with E-state index in [0.717, 1.165) is 11.1 Å². The molecule has 0 unspecified atom stereocenters. The molecule has 0 saturated carbocycles. The minimum atomic E-state index is -0.356. The van der Waals surface area contributed by atoms with Crippen molar-refractivity contribution in [3.8, 4) is 16.9 Å². The molecule has 0 saturated heterocycles. The van der Waals surface area contributed by atoms with Crippen molar-refractivity contribution < 1.29 is 9.13 Å². The van der Waals surface area contributed by atoms with E-state index in [2.05, 4.69) is 24.1 Å². The maximum Gasteiger partial charge on any atom is 0.172 e. The third-order valence-corrected chi connectivity index (χ3v) is 3.00. The van der Waals surface area contributed by atoms with Crippen LogP contribution >= 0.6 is 0 Å². The number of methoxy groups -OCH3 is 1. The number of rotatable bonds is 5. The van der Waals surface area contributed by atoms with Crippen molar-refractivity contribution in [3.63, 3.8) is 0 Å². The zero-order valence-corrected chi connectivity index (χ0v) is 12.0. The number of hydrogen-bond acceptors (Lipinski definition) is 3. The van der Waals surface area contributed by atoms with Crippen LogP contribution in [0.4, 0.5) is 4.39 Å². The van der Waals surface area contributed by atoms with Crippen molar-refractivity contribution in [2.75, 3.05) is 7.11 Å². The topological polar surface area (TPSA) is 34.1 Å². The SMILES string of the molecule is COc1cccc(-c2cncc(CNC(C)C)c2)c1F. The molecule has 2 aromatic rings. The number of pyridine rings is 1. The van der Waals surface area contributed by atoms with Gasteiger partial charge in [0.25, 0.3) is 0 Å². The maximum atomic E-state index is 14.2. The molecule has 0 fully saturated rings. The van der Waals surface area contributed by atoms with Crippen molar-refractivity contribution in [1.82, 2.24) is 10.3 Å². The van der Waals surface area contributed by atoms with Gasteiger partial charge in [0.2, 0.25) is 0 Å². The fourth-order valence-corrected chi connectivity index (χ4v) is 1.94. The van der Waals surface area contributed by atoms with Crippen molar-refractivity contribution in [2.24, 2.45) is 0 Å². The van der Waals surface area contributed by atoms with Crippen LogP contribution in [0.2, 0.25) is 0 Å². The van der Waals surface area contributed by atoms with E-state index in [1.807, 2.05) is 6.07 Å². The highest BCUT2D eigenvalue weighted by atomic mass is 19.1. The van der Waals surface area contributed by atoms with Crippen LogP contribution in [0.3, 0.4) is 0 Å². The Morgan fingerprint density at radius 3 is 2.80 bits per heavy atom. The zero-order chi connectivity index (χ0) is 14.5. The average molecular weight is 274 g/mol. The van der Waals surface area contributed by atoms with Crippen LogP contribution in [-0.4, -0.2) is 18.1 Å². The van der Waals surface area contributed by atoms with Crippen molar-refractivity contribution in [1.29, 1.82) is 0 Å². The highest BCUT2D eigenvalue weighted by Crippen LogP contribution is 2.28. The first-order chi connectivity index (χ1) is 9.61. The van der Waals surface area contributed by atoms with Gasteiger partial charge < -0.3 is 10.1 Å². The highest BCUT2D eigenvalue weighted by molar-refractivity contribution is 5.65. The van der Waals surface area contributed by atoms with E-state index in [9.17, 15) is 4.39 Å². The van der Waals surface area contributed by atoms with E-state index in [0.29, 0.717) is 18.2 Å². The molecule has 0 amide bonds. The molecule has 1 heterocycles. The molecule has 1 N–H and O–H groups in total. The Balaban J connectivity index is 2.31. The second-order valence-corrected chi connectivity index (χ2v) is 4.94. The summed E-state index contributed by atoms with van der Waals surface area (Å²) in [6, 6.07) is 7.45. The van der Waals surface area contributed by atoms with Crippen molar-refractivity contribution in [3.05, 3.63) is 48.0 Å². The van der Waals surface area contributed by atoms with E-state index in [1.165, 1.54) is 7.11 Å². The summed E-state index contributed by atoms with van der Waals surface area (Å²) in [4.78, 5) is 4.19. The molecule has 3 nitrogen and oxygen atoms in total. The van der Waals surface area contributed by atoms with Gasteiger partial charge in [-0.2, -0.15) is 0 Å². The Morgan fingerprint density at radius 2 is 2.10 bits per heavy atom. The minimum Gasteiger partial charge on any atom is -0.494 e. The number of ether oxygens (including phenoxy) is 1. The van der Waals surface area contributed by atoms with E-state index in [4.69, 9.17) is 4.74 Å². The van der Waals surface area contributed by atoms with Crippen LogP contribution in [0.25, 0.3) is 11.1 Å². The summed E-state index contributed by atoms with van der Waals surface area (Å²) in [6.07, 6.45) is 3.45. The zero-order valence-electron chi connectivity index (χ0n) is 12.0. The van der Waals surface area contributed by atoms with Gasteiger partial charge in [0.15, 0.2) is 11.6 Å². The first-order valence-corrected chi connectivity index (χ1v) is 6.62. The summed E-state index contributed by atoms with van der Waals surface area (Å²) in [7, 11) is 1.46. The molecule has 0 aliphatic carbocycles. The van der Waals surface area contributed by atoms with E-state index >= 15 is 0 Å². The molecular formula is C16H19FN2O. The third-order valence-electron chi connectivity index (χ3n) is 3.00. The summed E-state index contributed by atoms with van der Waals surface area (Å²) in [5.41, 5.74) is 2.28. The molecule has 1 aromatic heterocycles. The second kappa shape index (κ2) is 6.48. The smallest absolute Gasteiger partial charge is 0.172 e. The normalized spacial score (nSPS) is 10.8. The second-order valence-electron chi connectivity index (χ2n) is 4.94. The molecule has 0 radical (unpaired) electrons. The maximum absolute atomic E-state index is 14.2. The lowest BCUT2D eigenvalue weighted by atomic mass is 10.0. The van der Waals surface area contributed by atoms with Gasteiger partial charge in [0.1, 0.15) is 0 Å². The fraction of sp³-hybridized carbons (Fsp3) is 0.312. The number of nitrogens with one attached hydrogen (secondary N) is 1. The monoisotopic (exact) mass is 274 g/mol. The first kappa shape index (κ1) is 14.5. The molecule has 2 rings (SSSR count). The van der Waals surface area contributed by atoms with Crippen LogP contribution in [0.15, 0.2) is 36.7 Å². The number of halogens is 1. The molecule has 0 aliphatic rings. The molecule has 4 heteroatoms. The molecule has 106 valence electrons. The predicted molar refractivity (Wildman–Crippen MR) is 78.2 cm³/mol. The van der Waals surface area contributed by atoms with Gasteiger partial charge in [0, 0.05) is 36.1 Å². The number of hydrogen-bond donors (Lipinski definition) is 1. The quantitative estimate of drug-likeness (QED) is 0.907. The Bertz CT molecular complexity index is 584. The lowest BCUT2D eigenvalue weighted by molar-refractivity contribution is 0.387. The first-order valence-electron chi connectivity index (χ1n) is 6.62. The Labute approximate surface area is 118 Å². The molecule has 1 aromatic carbocycles. The Hall–Kier alpha value is -1.94. The summed E-state index contributed by atoms with van der Waals surface area (Å²) >= 11 is 0. The van der Waals surface area contributed by atoms with Crippen LogP contribution in [0.5, 0.6) is 5.75 Å². The molecule has 20 heavy (non-hydrogen) atoms. The predicted octanol–water partition coefficient (Wildman–Crippen LogP) is 3.39. The van der Waals surface area contributed by atoms with Gasteiger partial charge in [-0.15, -0.1) is 0 Å². The number of nitrogens with zero attached hydrogens (tertiary/aromatic N) is 1. The fourth-order valence-electron chi connectivity index (χ4n) is 1.94.